The third-order valence-electron chi connectivity index (χ3n) is 3.18. The molecule has 1 aromatic carbocycles. The van der Waals surface area contributed by atoms with Crippen LogP contribution in [-0.2, 0) is 14.8 Å². The molecular weight excluding hydrogens is 354 g/mol. The first kappa shape index (κ1) is 16.6. The van der Waals surface area contributed by atoms with Gasteiger partial charge in [-0.1, -0.05) is 0 Å². The Kier molecular flexibility index (Phi) is 4.35. The maximum atomic E-state index is 12.1. The number of hydrogen-bond acceptors (Lipinski definition) is 7. The molecule has 1 aromatic heterocycles. The van der Waals surface area contributed by atoms with Gasteiger partial charge in [-0.3, -0.25) is 10.1 Å². The summed E-state index contributed by atoms with van der Waals surface area (Å²) in [5, 5.41) is 9.29. The summed E-state index contributed by atoms with van der Waals surface area (Å²) in [6, 6.07) is 5.16. The predicted molar refractivity (Wildman–Crippen MR) is 86.3 cm³/mol. The van der Waals surface area contributed by atoms with Crippen molar-refractivity contribution in [3.05, 3.63) is 40.9 Å². The second-order valence-corrected chi connectivity index (χ2v) is 7.59. The van der Waals surface area contributed by atoms with E-state index in [-0.39, 0.29) is 27.4 Å². The van der Waals surface area contributed by atoms with Crippen molar-refractivity contribution < 1.29 is 22.7 Å². The zero-order chi connectivity index (χ0) is 17.3. The van der Waals surface area contributed by atoms with E-state index in [1.54, 1.807) is 0 Å². The van der Waals surface area contributed by atoms with Gasteiger partial charge < -0.3 is 4.74 Å². The van der Waals surface area contributed by atoms with Crippen LogP contribution in [0.3, 0.4) is 0 Å². The van der Waals surface area contributed by atoms with Crippen molar-refractivity contribution in [2.24, 2.45) is 5.14 Å². The fourth-order valence-corrected chi connectivity index (χ4v) is 2.98. The molecule has 0 spiro atoms. The van der Waals surface area contributed by atoms with Gasteiger partial charge in [0, 0.05) is 10.9 Å². The summed E-state index contributed by atoms with van der Waals surface area (Å²) in [5.41, 5.74) is 0.381. The number of carbonyl (C=O) groups excluding carboxylic acids is 2. The molecule has 1 saturated carbocycles. The first-order valence-electron chi connectivity index (χ1n) is 6.93. The number of hydrogen-bond donors (Lipinski definition) is 2. The molecule has 1 aliphatic rings. The van der Waals surface area contributed by atoms with Crippen molar-refractivity contribution in [2.75, 3.05) is 5.32 Å². The summed E-state index contributed by atoms with van der Waals surface area (Å²) in [5.74, 6) is -0.987. The van der Waals surface area contributed by atoms with E-state index >= 15 is 0 Å². The second kappa shape index (κ2) is 6.30. The highest BCUT2D eigenvalue weighted by Gasteiger charge is 2.27. The van der Waals surface area contributed by atoms with E-state index < -0.39 is 21.9 Å². The van der Waals surface area contributed by atoms with E-state index in [1.165, 1.54) is 29.6 Å². The summed E-state index contributed by atoms with van der Waals surface area (Å²) in [6.07, 6.45) is 1.72. The quantitative estimate of drug-likeness (QED) is 0.768. The molecule has 10 heteroatoms. The minimum atomic E-state index is -3.81. The summed E-state index contributed by atoms with van der Waals surface area (Å²) >= 11 is 1.10. The summed E-state index contributed by atoms with van der Waals surface area (Å²) in [6.45, 7) is 0. The van der Waals surface area contributed by atoms with Crippen LogP contribution in [0.15, 0.2) is 34.5 Å². The average Bonchev–Trinajstić information content (AvgIpc) is 3.22. The third kappa shape index (κ3) is 3.96. The van der Waals surface area contributed by atoms with Crippen LogP contribution in [0.5, 0.6) is 0 Å². The molecule has 3 rings (SSSR count). The van der Waals surface area contributed by atoms with Crippen LogP contribution in [-0.4, -0.2) is 31.4 Å². The Bertz CT molecular complexity index is 885. The molecule has 3 N–H and O–H groups in total. The van der Waals surface area contributed by atoms with Crippen LogP contribution in [0.4, 0.5) is 5.13 Å². The van der Waals surface area contributed by atoms with Crippen molar-refractivity contribution in [3.63, 3.8) is 0 Å². The van der Waals surface area contributed by atoms with E-state index in [4.69, 9.17) is 9.88 Å². The van der Waals surface area contributed by atoms with Crippen molar-refractivity contribution in [2.45, 2.75) is 23.8 Å². The smallest absolute Gasteiger partial charge is 0.358 e. The fraction of sp³-hybridized carbons (Fsp3) is 0.214. The minimum absolute atomic E-state index is 0.0189. The molecule has 1 aliphatic carbocycles. The van der Waals surface area contributed by atoms with Crippen LogP contribution < -0.4 is 10.5 Å². The monoisotopic (exact) mass is 367 g/mol. The van der Waals surface area contributed by atoms with Gasteiger partial charge in [-0.15, -0.1) is 11.3 Å². The van der Waals surface area contributed by atoms with E-state index in [1.807, 2.05) is 0 Å². The Labute approximate surface area is 141 Å². The number of thiazole rings is 1. The van der Waals surface area contributed by atoms with Crippen LogP contribution in [0, 0.1) is 0 Å². The molecule has 0 bridgehead atoms. The summed E-state index contributed by atoms with van der Waals surface area (Å²) < 4.78 is 27.5. The number of sulfonamides is 1. The molecule has 8 nitrogen and oxygen atoms in total. The van der Waals surface area contributed by atoms with Crippen LogP contribution in [0.25, 0.3) is 0 Å². The number of nitrogens with zero attached hydrogens (tertiary/aromatic N) is 1. The average molecular weight is 367 g/mol. The lowest BCUT2D eigenvalue weighted by Gasteiger charge is -2.03. The van der Waals surface area contributed by atoms with Crippen LogP contribution in [0.2, 0.25) is 0 Å². The van der Waals surface area contributed by atoms with E-state index in [2.05, 4.69) is 10.3 Å². The molecule has 24 heavy (non-hydrogen) atoms. The molecule has 0 saturated heterocycles. The largest absolute Gasteiger partial charge is 0.458 e. The van der Waals surface area contributed by atoms with Crippen LogP contribution in [0.1, 0.15) is 33.7 Å². The number of carbonyl (C=O) groups is 2. The normalized spacial score (nSPS) is 14.2. The van der Waals surface area contributed by atoms with Crippen molar-refractivity contribution in [3.8, 4) is 0 Å². The summed E-state index contributed by atoms with van der Waals surface area (Å²) in [4.78, 5) is 27.8. The van der Waals surface area contributed by atoms with E-state index in [9.17, 15) is 18.0 Å². The number of esters is 1. The summed E-state index contributed by atoms with van der Waals surface area (Å²) in [7, 11) is -3.81. The van der Waals surface area contributed by atoms with Crippen molar-refractivity contribution in [1.82, 2.24) is 4.98 Å². The number of rotatable bonds is 5. The minimum Gasteiger partial charge on any atom is -0.458 e. The maximum absolute atomic E-state index is 12.1. The molecule has 2 aromatic rings. The Balaban J connectivity index is 1.66. The van der Waals surface area contributed by atoms with Gasteiger partial charge in [-0.2, -0.15) is 0 Å². The Morgan fingerprint density at radius 3 is 2.50 bits per heavy atom. The van der Waals surface area contributed by atoms with E-state index in [0.29, 0.717) is 0 Å². The van der Waals surface area contributed by atoms with Gasteiger partial charge in [0.2, 0.25) is 10.0 Å². The van der Waals surface area contributed by atoms with Gasteiger partial charge >= 0.3 is 5.97 Å². The number of primary sulfonamides is 1. The van der Waals surface area contributed by atoms with Crippen molar-refractivity contribution >= 4 is 38.4 Å². The lowest BCUT2D eigenvalue weighted by atomic mass is 10.2. The Morgan fingerprint density at radius 1 is 1.25 bits per heavy atom. The molecule has 0 aliphatic heterocycles. The second-order valence-electron chi connectivity index (χ2n) is 5.17. The number of amides is 1. The van der Waals surface area contributed by atoms with Gasteiger partial charge in [0.25, 0.3) is 5.91 Å². The first-order valence-corrected chi connectivity index (χ1v) is 9.36. The van der Waals surface area contributed by atoms with Gasteiger partial charge in [0.05, 0.1) is 4.90 Å². The lowest BCUT2D eigenvalue weighted by Crippen LogP contribution is -2.14. The van der Waals surface area contributed by atoms with Crippen LogP contribution >= 0.6 is 11.3 Å². The molecule has 0 radical (unpaired) electrons. The molecule has 1 heterocycles. The van der Waals surface area contributed by atoms with Gasteiger partial charge in [0.15, 0.2) is 10.8 Å². The number of ether oxygens (including phenoxy) is 1. The number of benzene rings is 1. The molecule has 126 valence electrons. The zero-order valence-corrected chi connectivity index (χ0v) is 13.9. The predicted octanol–water partition coefficient (Wildman–Crippen LogP) is 1.36. The maximum Gasteiger partial charge on any atom is 0.358 e. The van der Waals surface area contributed by atoms with Crippen molar-refractivity contribution in [1.29, 1.82) is 0 Å². The highest BCUT2D eigenvalue weighted by Crippen LogP contribution is 2.25. The molecule has 0 atom stereocenters. The first-order chi connectivity index (χ1) is 11.3. The highest BCUT2D eigenvalue weighted by molar-refractivity contribution is 7.89. The van der Waals surface area contributed by atoms with Gasteiger partial charge in [-0.25, -0.2) is 23.3 Å². The number of aromatic nitrogens is 1. The molecule has 1 fully saturated rings. The number of anilines is 1. The highest BCUT2D eigenvalue weighted by atomic mass is 32.2. The number of nitrogens with one attached hydrogen (secondary N) is 1. The number of nitrogens with two attached hydrogens (primary N) is 1. The SMILES string of the molecule is NS(=O)(=O)c1ccc(C(=O)Nc2nc(C(=O)OC3CC3)cs2)cc1. The zero-order valence-electron chi connectivity index (χ0n) is 12.3. The standard InChI is InChI=1S/C14H13N3O5S2/c15-24(20,21)10-5-1-8(2-6-10)12(18)17-14-16-11(7-23-14)13(19)22-9-3-4-9/h1-2,5-7,9H,3-4H2,(H2,15,20,21)(H,16,17,18). The van der Waals surface area contributed by atoms with E-state index in [0.717, 1.165) is 24.2 Å². The topological polar surface area (TPSA) is 128 Å². The Hall–Kier alpha value is -2.30. The van der Waals surface area contributed by atoms with Gasteiger partial charge in [0.1, 0.15) is 6.10 Å². The third-order valence-corrected chi connectivity index (χ3v) is 4.86. The molecule has 0 unspecified atom stereocenters. The Morgan fingerprint density at radius 2 is 1.92 bits per heavy atom. The lowest BCUT2D eigenvalue weighted by molar-refractivity contribution is 0.0466. The van der Waals surface area contributed by atoms with Gasteiger partial charge in [-0.05, 0) is 37.1 Å². The molecular formula is C14H13N3O5S2. The fourth-order valence-electron chi connectivity index (χ4n) is 1.79. The molecule has 1 amide bonds.